The van der Waals surface area contributed by atoms with Gasteiger partial charge in [0.15, 0.2) is 11.6 Å². The molecular weight excluding hydrogens is 308 g/mol. The number of halogens is 2. The van der Waals surface area contributed by atoms with Gasteiger partial charge < -0.3 is 5.32 Å². The van der Waals surface area contributed by atoms with E-state index in [-0.39, 0.29) is 12.5 Å². The highest BCUT2D eigenvalue weighted by molar-refractivity contribution is 5.95. The maximum Gasteiger partial charge on any atom is 0.251 e. The number of benzene rings is 2. The van der Waals surface area contributed by atoms with Crippen LogP contribution in [0.15, 0.2) is 42.0 Å². The quantitative estimate of drug-likeness (QED) is 0.839. The van der Waals surface area contributed by atoms with E-state index in [0.29, 0.717) is 11.1 Å². The highest BCUT2D eigenvalue weighted by atomic mass is 19.2. The zero-order valence-electron chi connectivity index (χ0n) is 14.3. The van der Waals surface area contributed by atoms with Gasteiger partial charge in [0.25, 0.3) is 5.91 Å². The number of carbonyl (C=O) groups excluding carboxylic acids is 1. The van der Waals surface area contributed by atoms with Crippen molar-refractivity contribution >= 4 is 11.5 Å². The topological polar surface area (TPSA) is 29.1 Å². The molecule has 0 saturated carbocycles. The summed E-state index contributed by atoms with van der Waals surface area (Å²) in [4.78, 5) is 12.3. The lowest BCUT2D eigenvalue weighted by atomic mass is 9.96. The Morgan fingerprint density at radius 1 is 1.00 bits per heavy atom. The van der Waals surface area contributed by atoms with E-state index < -0.39 is 11.6 Å². The van der Waals surface area contributed by atoms with Crippen LogP contribution in [0.4, 0.5) is 8.78 Å². The molecule has 1 amide bonds. The first-order valence-electron chi connectivity index (χ1n) is 7.77. The summed E-state index contributed by atoms with van der Waals surface area (Å²) in [7, 11) is 0. The summed E-state index contributed by atoms with van der Waals surface area (Å²) in [5, 5.41) is 2.73. The van der Waals surface area contributed by atoms with E-state index in [1.165, 1.54) is 11.6 Å². The third-order valence-corrected chi connectivity index (χ3v) is 4.09. The van der Waals surface area contributed by atoms with Gasteiger partial charge in [0.05, 0.1) is 0 Å². The Labute approximate surface area is 141 Å². The second-order valence-corrected chi connectivity index (χ2v) is 6.09. The van der Waals surface area contributed by atoms with E-state index >= 15 is 0 Å². The number of amides is 1. The lowest BCUT2D eigenvalue weighted by Crippen LogP contribution is -2.23. The minimum Gasteiger partial charge on any atom is -0.348 e. The molecule has 2 aromatic carbocycles. The molecule has 0 aliphatic carbocycles. The van der Waals surface area contributed by atoms with Gasteiger partial charge in [0.2, 0.25) is 0 Å². The number of nitrogens with one attached hydrogen (secondary N) is 1. The molecule has 0 heterocycles. The molecule has 4 heteroatoms. The van der Waals surface area contributed by atoms with E-state index in [1.54, 1.807) is 6.07 Å². The number of carbonyl (C=O) groups is 1. The normalized spacial score (nSPS) is 10.4. The van der Waals surface area contributed by atoms with Gasteiger partial charge in [-0.05, 0) is 74.2 Å². The van der Waals surface area contributed by atoms with Crippen molar-refractivity contribution < 1.29 is 13.6 Å². The minimum atomic E-state index is -0.918. The minimum absolute atomic E-state index is 0.140. The molecule has 0 bridgehead atoms. The molecule has 0 aliphatic heterocycles. The molecule has 24 heavy (non-hydrogen) atoms. The molecule has 0 saturated heterocycles. The predicted molar refractivity (Wildman–Crippen MR) is 92.6 cm³/mol. The summed E-state index contributed by atoms with van der Waals surface area (Å²) in [5.41, 5.74) is 5.52. The lowest BCUT2D eigenvalue weighted by molar-refractivity contribution is 0.0951. The molecular formula is C20H21F2NO. The number of allylic oxidation sites excluding steroid dienone is 2. The third kappa shape index (κ3) is 4.07. The van der Waals surface area contributed by atoms with Gasteiger partial charge in [-0.1, -0.05) is 17.7 Å². The van der Waals surface area contributed by atoms with Gasteiger partial charge in [-0.2, -0.15) is 0 Å². The highest BCUT2D eigenvalue weighted by Crippen LogP contribution is 2.23. The fraction of sp³-hybridized carbons (Fsp3) is 0.250. The molecule has 2 nitrogen and oxygen atoms in total. The van der Waals surface area contributed by atoms with E-state index in [0.717, 1.165) is 28.8 Å². The van der Waals surface area contributed by atoms with Crippen LogP contribution in [0.2, 0.25) is 0 Å². The van der Waals surface area contributed by atoms with Crippen molar-refractivity contribution in [3.05, 3.63) is 75.9 Å². The standard InChI is InChI=1S/C20H21F2NO/c1-12(2)14(4)17-10-16(7-5-13(17)3)20(24)23-11-15-6-8-18(21)19(22)9-15/h5-10H,11H2,1-4H3,(H,23,24). The van der Waals surface area contributed by atoms with Crippen LogP contribution in [-0.4, -0.2) is 5.91 Å². The number of aryl methyl sites for hydroxylation is 1. The first-order valence-corrected chi connectivity index (χ1v) is 7.77. The molecule has 2 rings (SSSR count). The van der Waals surface area contributed by atoms with Crippen molar-refractivity contribution in [2.24, 2.45) is 0 Å². The van der Waals surface area contributed by atoms with Gasteiger partial charge in [-0.25, -0.2) is 8.78 Å². The zero-order chi connectivity index (χ0) is 17.9. The molecule has 0 aliphatic rings. The monoisotopic (exact) mass is 329 g/mol. The van der Waals surface area contributed by atoms with Crippen LogP contribution in [-0.2, 0) is 6.54 Å². The van der Waals surface area contributed by atoms with E-state index in [2.05, 4.69) is 5.32 Å². The fourth-order valence-corrected chi connectivity index (χ4v) is 2.37. The summed E-state index contributed by atoms with van der Waals surface area (Å²) in [6.45, 7) is 8.24. The van der Waals surface area contributed by atoms with Crippen LogP contribution in [0.25, 0.3) is 5.57 Å². The molecule has 0 aromatic heterocycles. The van der Waals surface area contributed by atoms with Gasteiger partial charge >= 0.3 is 0 Å². The van der Waals surface area contributed by atoms with Crippen molar-refractivity contribution in [3.63, 3.8) is 0 Å². The SMILES string of the molecule is CC(C)=C(C)c1cc(C(=O)NCc2ccc(F)c(F)c2)ccc1C. The molecule has 0 unspecified atom stereocenters. The maximum atomic E-state index is 13.2. The first-order chi connectivity index (χ1) is 11.3. The second-order valence-electron chi connectivity index (χ2n) is 6.09. The molecule has 0 radical (unpaired) electrons. The molecule has 1 N–H and O–H groups in total. The number of rotatable bonds is 4. The highest BCUT2D eigenvalue weighted by Gasteiger charge is 2.10. The Kier molecular flexibility index (Phi) is 5.50. The first kappa shape index (κ1) is 17.9. The van der Waals surface area contributed by atoms with Crippen LogP contribution >= 0.6 is 0 Å². The Bertz CT molecular complexity index is 805. The third-order valence-electron chi connectivity index (χ3n) is 4.09. The van der Waals surface area contributed by atoms with E-state index in [4.69, 9.17) is 0 Å². The summed E-state index contributed by atoms with van der Waals surface area (Å²) in [6.07, 6.45) is 0. The van der Waals surface area contributed by atoms with Crippen LogP contribution < -0.4 is 5.32 Å². The van der Waals surface area contributed by atoms with E-state index in [9.17, 15) is 13.6 Å². The van der Waals surface area contributed by atoms with Gasteiger partial charge in [0, 0.05) is 12.1 Å². The second kappa shape index (κ2) is 7.39. The van der Waals surface area contributed by atoms with Gasteiger partial charge in [-0.3, -0.25) is 4.79 Å². The van der Waals surface area contributed by atoms with Crippen LogP contribution in [0.3, 0.4) is 0 Å². The van der Waals surface area contributed by atoms with Crippen molar-refractivity contribution in [2.45, 2.75) is 34.2 Å². The molecule has 0 fully saturated rings. The molecule has 0 atom stereocenters. The summed E-state index contributed by atoms with van der Waals surface area (Å²) in [6, 6.07) is 9.12. The van der Waals surface area contributed by atoms with Gasteiger partial charge in [-0.15, -0.1) is 0 Å². The van der Waals surface area contributed by atoms with Crippen LogP contribution in [0, 0.1) is 18.6 Å². The van der Waals surface area contributed by atoms with Crippen molar-refractivity contribution in [1.29, 1.82) is 0 Å². The van der Waals surface area contributed by atoms with E-state index in [1.807, 2.05) is 39.8 Å². The summed E-state index contributed by atoms with van der Waals surface area (Å²) >= 11 is 0. The van der Waals surface area contributed by atoms with Gasteiger partial charge in [0.1, 0.15) is 0 Å². The van der Waals surface area contributed by atoms with Crippen molar-refractivity contribution in [3.8, 4) is 0 Å². The average Bonchev–Trinajstić information content (AvgIpc) is 2.55. The lowest BCUT2D eigenvalue weighted by Gasteiger charge is -2.12. The van der Waals surface area contributed by atoms with Crippen LogP contribution in [0.1, 0.15) is 47.8 Å². The molecule has 2 aromatic rings. The summed E-state index contributed by atoms with van der Waals surface area (Å²) in [5.74, 6) is -2.06. The predicted octanol–water partition coefficient (Wildman–Crippen LogP) is 5.02. The fourth-order valence-electron chi connectivity index (χ4n) is 2.37. The maximum absolute atomic E-state index is 13.2. The molecule has 126 valence electrons. The average molecular weight is 329 g/mol. The smallest absolute Gasteiger partial charge is 0.251 e. The Balaban J connectivity index is 2.16. The molecule has 0 spiro atoms. The number of hydrogen-bond acceptors (Lipinski definition) is 1. The Morgan fingerprint density at radius 3 is 2.33 bits per heavy atom. The number of hydrogen-bond donors (Lipinski definition) is 1. The zero-order valence-corrected chi connectivity index (χ0v) is 14.3. The largest absolute Gasteiger partial charge is 0.348 e. The Morgan fingerprint density at radius 2 is 1.71 bits per heavy atom. The van der Waals surface area contributed by atoms with Crippen molar-refractivity contribution in [1.82, 2.24) is 5.32 Å². The van der Waals surface area contributed by atoms with Crippen LogP contribution in [0.5, 0.6) is 0 Å². The van der Waals surface area contributed by atoms with Crippen molar-refractivity contribution in [2.75, 3.05) is 0 Å². The Hall–Kier alpha value is -2.49. The summed E-state index contributed by atoms with van der Waals surface area (Å²) < 4.78 is 26.1.